The second-order valence-electron chi connectivity index (χ2n) is 8.42. The van der Waals surface area contributed by atoms with Gasteiger partial charge in [0.2, 0.25) is 0 Å². The molecular weight excluding hydrogens is 400 g/mol. The van der Waals surface area contributed by atoms with Crippen LogP contribution >= 0.6 is 0 Å². The minimum Gasteiger partial charge on any atom is -0.463 e. The highest BCUT2D eigenvalue weighted by molar-refractivity contribution is 5.71. The normalized spacial score (nSPS) is 33.3. The number of esters is 1. The van der Waals surface area contributed by atoms with Crippen LogP contribution in [0.3, 0.4) is 0 Å². The summed E-state index contributed by atoms with van der Waals surface area (Å²) >= 11 is 0. The highest BCUT2D eigenvalue weighted by Crippen LogP contribution is 2.22. The van der Waals surface area contributed by atoms with E-state index in [0.717, 1.165) is 0 Å². The summed E-state index contributed by atoms with van der Waals surface area (Å²) in [6.07, 6.45) is -5.89. The number of aliphatic hydroxyl groups excluding tert-OH is 5. The molecule has 178 valence electrons. The Morgan fingerprint density at radius 3 is 1.90 bits per heavy atom. The molecule has 2 aliphatic heterocycles. The Balaban J connectivity index is 0.000000303. The number of hydrogen-bond acceptors (Lipinski definition) is 10. The Kier molecular flexibility index (Phi) is 11.7. The van der Waals surface area contributed by atoms with E-state index in [1.807, 2.05) is 20.8 Å². The van der Waals surface area contributed by atoms with Gasteiger partial charge in [0.05, 0.1) is 37.9 Å². The van der Waals surface area contributed by atoms with Gasteiger partial charge in [0.15, 0.2) is 0 Å². The fraction of sp³-hybridized carbons (Fsp3) is 0.950. The predicted octanol–water partition coefficient (Wildman–Crippen LogP) is -1.16. The molecule has 10 nitrogen and oxygen atoms in total. The van der Waals surface area contributed by atoms with Crippen molar-refractivity contribution in [1.82, 2.24) is 0 Å². The molecule has 0 amide bonds. The Bertz CT molecular complexity index is 500. The lowest BCUT2D eigenvalue weighted by atomic mass is 10.0. The van der Waals surface area contributed by atoms with Gasteiger partial charge in [-0.1, -0.05) is 20.8 Å². The van der Waals surface area contributed by atoms with Gasteiger partial charge in [0.1, 0.15) is 43.2 Å². The van der Waals surface area contributed by atoms with Crippen LogP contribution in [-0.4, -0.2) is 107 Å². The summed E-state index contributed by atoms with van der Waals surface area (Å²) in [6.45, 7) is 9.44. The molecule has 0 aliphatic carbocycles. The van der Waals surface area contributed by atoms with Crippen molar-refractivity contribution in [2.45, 2.75) is 83.5 Å². The molecule has 0 radical (unpaired) electrons. The van der Waals surface area contributed by atoms with Gasteiger partial charge in [-0.3, -0.25) is 4.79 Å². The second kappa shape index (κ2) is 12.9. The fourth-order valence-electron chi connectivity index (χ4n) is 2.90. The molecule has 30 heavy (non-hydrogen) atoms. The van der Waals surface area contributed by atoms with Crippen molar-refractivity contribution in [1.29, 1.82) is 0 Å². The van der Waals surface area contributed by atoms with Crippen molar-refractivity contribution in [3.8, 4) is 0 Å². The van der Waals surface area contributed by atoms with Gasteiger partial charge >= 0.3 is 5.97 Å². The van der Waals surface area contributed by atoms with Crippen molar-refractivity contribution in [2.24, 2.45) is 11.8 Å². The Labute approximate surface area is 177 Å². The second-order valence-corrected chi connectivity index (χ2v) is 8.42. The van der Waals surface area contributed by atoms with E-state index in [9.17, 15) is 25.2 Å². The molecule has 2 saturated heterocycles. The van der Waals surface area contributed by atoms with E-state index in [2.05, 4.69) is 0 Å². The average Bonchev–Trinajstić information content (AvgIpc) is 3.20. The molecule has 10 heteroatoms. The Hall–Kier alpha value is -0.850. The zero-order valence-electron chi connectivity index (χ0n) is 18.4. The van der Waals surface area contributed by atoms with Gasteiger partial charge in [-0.15, -0.1) is 0 Å². The molecule has 5 N–H and O–H groups in total. The van der Waals surface area contributed by atoms with Crippen LogP contribution in [0.25, 0.3) is 0 Å². The maximum absolute atomic E-state index is 11.2. The number of aliphatic hydroxyl groups is 5. The van der Waals surface area contributed by atoms with E-state index >= 15 is 0 Å². The van der Waals surface area contributed by atoms with Crippen molar-refractivity contribution < 1.29 is 49.3 Å². The first-order valence-electron chi connectivity index (χ1n) is 10.4. The zero-order chi connectivity index (χ0) is 23.0. The van der Waals surface area contributed by atoms with Crippen LogP contribution in [-0.2, 0) is 23.7 Å². The number of carbonyl (C=O) groups is 1. The molecule has 0 aromatic heterocycles. The minimum absolute atomic E-state index is 0.000417. The Morgan fingerprint density at radius 2 is 1.47 bits per heavy atom. The van der Waals surface area contributed by atoms with E-state index in [4.69, 9.17) is 24.1 Å². The predicted molar refractivity (Wildman–Crippen MR) is 106 cm³/mol. The third kappa shape index (κ3) is 8.35. The van der Waals surface area contributed by atoms with Crippen LogP contribution in [0.2, 0.25) is 0 Å². The standard InChI is InChI=1S/C11H20O5.C9H18O5/c1-6(2)11(14)16-5-8(12)10-9(13)7(3)4-15-10;1-5(2)13-4-7(11)9-8(12)6(10)3-14-9/h6-10,12-13H,4-5H2,1-3H3;5-12H,3-4H2,1-2H3. The highest BCUT2D eigenvalue weighted by Gasteiger charge is 2.39. The molecule has 2 aliphatic rings. The van der Waals surface area contributed by atoms with E-state index in [1.54, 1.807) is 13.8 Å². The first kappa shape index (κ1) is 27.2. The quantitative estimate of drug-likeness (QED) is 0.293. The van der Waals surface area contributed by atoms with Gasteiger partial charge in [0.25, 0.3) is 0 Å². The van der Waals surface area contributed by atoms with Crippen LogP contribution in [0.15, 0.2) is 0 Å². The van der Waals surface area contributed by atoms with Crippen molar-refractivity contribution in [3.05, 3.63) is 0 Å². The first-order valence-corrected chi connectivity index (χ1v) is 10.4. The average molecular weight is 439 g/mol. The van der Waals surface area contributed by atoms with Gasteiger partial charge in [-0.2, -0.15) is 0 Å². The molecule has 0 spiro atoms. The van der Waals surface area contributed by atoms with Crippen molar-refractivity contribution >= 4 is 5.97 Å². The van der Waals surface area contributed by atoms with Crippen molar-refractivity contribution in [2.75, 3.05) is 26.4 Å². The number of hydrogen-bond donors (Lipinski definition) is 5. The van der Waals surface area contributed by atoms with Crippen LogP contribution < -0.4 is 0 Å². The van der Waals surface area contributed by atoms with Crippen LogP contribution in [0.1, 0.15) is 34.6 Å². The maximum Gasteiger partial charge on any atom is 0.308 e. The lowest BCUT2D eigenvalue weighted by molar-refractivity contribution is -0.154. The number of ether oxygens (including phenoxy) is 4. The molecular formula is C20H38O10. The van der Waals surface area contributed by atoms with Gasteiger partial charge in [0, 0.05) is 5.92 Å². The summed E-state index contributed by atoms with van der Waals surface area (Å²) in [7, 11) is 0. The molecule has 2 fully saturated rings. The molecule has 8 atom stereocenters. The molecule has 2 rings (SSSR count). The summed E-state index contributed by atoms with van der Waals surface area (Å²) in [4.78, 5) is 11.2. The van der Waals surface area contributed by atoms with Gasteiger partial charge in [-0.05, 0) is 13.8 Å². The van der Waals surface area contributed by atoms with E-state index in [1.165, 1.54) is 0 Å². The smallest absolute Gasteiger partial charge is 0.308 e. The molecule has 0 aromatic rings. The maximum atomic E-state index is 11.2. The van der Waals surface area contributed by atoms with Gasteiger partial charge < -0.3 is 44.5 Å². The summed E-state index contributed by atoms with van der Waals surface area (Å²) in [5, 5.41) is 47.5. The first-order chi connectivity index (χ1) is 14.0. The third-order valence-corrected chi connectivity index (χ3v) is 4.89. The lowest BCUT2D eigenvalue weighted by Crippen LogP contribution is -2.41. The molecule has 0 saturated carbocycles. The van der Waals surface area contributed by atoms with Crippen LogP contribution in [0, 0.1) is 11.8 Å². The van der Waals surface area contributed by atoms with E-state index < -0.39 is 42.7 Å². The SMILES string of the molecule is CC(C)C(=O)OCC(O)C1OCC(C)C1O.CC(C)OCC(O)C1OCC(O)C1O. The summed E-state index contributed by atoms with van der Waals surface area (Å²) in [5.41, 5.74) is 0. The topological polar surface area (TPSA) is 155 Å². The molecule has 0 bridgehead atoms. The lowest BCUT2D eigenvalue weighted by Gasteiger charge is -2.21. The van der Waals surface area contributed by atoms with E-state index in [0.29, 0.717) is 6.61 Å². The van der Waals surface area contributed by atoms with E-state index in [-0.39, 0.29) is 43.7 Å². The number of carbonyl (C=O) groups excluding carboxylic acids is 1. The third-order valence-electron chi connectivity index (χ3n) is 4.89. The summed E-state index contributed by atoms with van der Waals surface area (Å²) < 4.78 is 20.3. The minimum atomic E-state index is -1.03. The highest BCUT2D eigenvalue weighted by atomic mass is 16.6. The Morgan fingerprint density at radius 1 is 0.933 bits per heavy atom. The largest absolute Gasteiger partial charge is 0.463 e. The fourth-order valence-corrected chi connectivity index (χ4v) is 2.90. The van der Waals surface area contributed by atoms with Crippen LogP contribution in [0.4, 0.5) is 0 Å². The summed E-state index contributed by atoms with van der Waals surface area (Å²) in [5.74, 6) is -0.583. The van der Waals surface area contributed by atoms with Gasteiger partial charge in [-0.25, -0.2) is 0 Å². The molecule has 8 unspecified atom stereocenters. The van der Waals surface area contributed by atoms with Crippen molar-refractivity contribution in [3.63, 3.8) is 0 Å². The summed E-state index contributed by atoms with van der Waals surface area (Å²) in [6, 6.07) is 0. The zero-order valence-corrected chi connectivity index (χ0v) is 18.4. The number of rotatable bonds is 8. The van der Waals surface area contributed by atoms with Crippen LogP contribution in [0.5, 0.6) is 0 Å². The molecule has 2 heterocycles. The monoisotopic (exact) mass is 438 g/mol. The molecule has 0 aromatic carbocycles.